The van der Waals surface area contributed by atoms with Crippen LogP contribution in [0, 0.1) is 0 Å². The summed E-state index contributed by atoms with van der Waals surface area (Å²) in [7, 11) is -1.19. The predicted molar refractivity (Wildman–Crippen MR) is 101 cm³/mol. The van der Waals surface area contributed by atoms with E-state index in [1.165, 1.54) is 43.8 Å². The van der Waals surface area contributed by atoms with Crippen LogP contribution in [0.1, 0.15) is 12.2 Å². The van der Waals surface area contributed by atoms with Crippen LogP contribution in [0.4, 0.5) is 18.3 Å². The van der Waals surface area contributed by atoms with Gasteiger partial charge in [0.15, 0.2) is 5.13 Å². The molecule has 156 valence electrons. The molecule has 0 fully saturated rings. The number of rotatable bonds is 6. The minimum atomic E-state index is -4.77. The SMILES string of the molecule is CN(C)S(=O)(=O)c1ccc2c(c1)nc(C(F)(F)F)n2CCC(=O)Nc1nccs1. The van der Waals surface area contributed by atoms with Crippen LogP contribution in [0.2, 0.25) is 0 Å². The van der Waals surface area contributed by atoms with Crippen molar-refractivity contribution in [2.75, 3.05) is 19.4 Å². The quantitative estimate of drug-likeness (QED) is 0.627. The fraction of sp³-hybridized carbons (Fsp3) is 0.312. The van der Waals surface area contributed by atoms with E-state index in [-0.39, 0.29) is 28.9 Å². The number of aryl methyl sites for hydroxylation is 1. The zero-order valence-corrected chi connectivity index (χ0v) is 16.9. The summed E-state index contributed by atoms with van der Waals surface area (Å²) in [5.41, 5.74) is -0.0438. The van der Waals surface area contributed by atoms with E-state index < -0.39 is 27.9 Å². The van der Waals surface area contributed by atoms with Crippen molar-refractivity contribution in [3.8, 4) is 0 Å². The largest absolute Gasteiger partial charge is 0.449 e. The number of hydrogen-bond acceptors (Lipinski definition) is 6. The van der Waals surface area contributed by atoms with Gasteiger partial charge in [-0.15, -0.1) is 11.3 Å². The average Bonchev–Trinajstić information content (AvgIpc) is 3.26. The molecule has 2 aromatic heterocycles. The van der Waals surface area contributed by atoms with Gasteiger partial charge in [0.05, 0.1) is 15.9 Å². The fourth-order valence-electron chi connectivity index (χ4n) is 2.60. The molecule has 8 nitrogen and oxygen atoms in total. The van der Waals surface area contributed by atoms with Gasteiger partial charge in [-0.3, -0.25) is 4.79 Å². The highest BCUT2D eigenvalue weighted by molar-refractivity contribution is 7.89. The monoisotopic (exact) mass is 447 g/mol. The second-order valence-corrected chi connectivity index (χ2v) is 9.20. The lowest BCUT2D eigenvalue weighted by Gasteiger charge is -2.12. The van der Waals surface area contributed by atoms with Crippen LogP contribution in [-0.4, -0.2) is 47.3 Å². The molecule has 0 saturated carbocycles. The number of nitrogens with zero attached hydrogens (tertiary/aromatic N) is 4. The lowest BCUT2D eigenvalue weighted by molar-refractivity contribution is -0.147. The Hall–Kier alpha value is -2.51. The minimum absolute atomic E-state index is 0.0806. The van der Waals surface area contributed by atoms with Crippen molar-refractivity contribution in [1.29, 1.82) is 0 Å². The Bertz CT molecular complexity index is 1140. The lowest BCUT2D eigenvalue weighted by atomic mass is 10.3. The van der Waals surface area contributed by atoms with Crippen molar-refractivity contribution >= 4 is 43.4 Å². The van der Waals surface area contributed by atoms with Gasteiger partial charge in [0, 0.05) is 38.6 Å². The maximum absolute atomic E-state index is 13.5. The Morgan fingerprint density at radius 1 is 1.31 bits per heavy atom. The number of amides is 1. The van der Waals surface area contributed by atoms with E-state index in [0.717, 1.165) is 14.9 Å². The molecule has 1 amide bonds. The van der Waals surface area contributed by atoms with Gasteiger partial charge in [-0.1, -0.05) is 0 Å². The zero-order valence-electron chi connectivity index (χ0n) is 15.3. The van der Waals surface area contributed by atoms with Gasteiger partial charge in [-0.25, -0.2) is 22.7 Å². The van der Waals surface area contributed by atoms with E-state index in [2.05, 4.69) is 15.3 Å². The molecule has 0 spiro atoms. The minimum Gasteiger partial charge on any atom is -0.320 e. The Morgan fingerprint density at radius 3 is 2.62 bits per heavy atom. The number of thiazole rings is 1. The standard InChI is InChI=1S/C16H16F3N5O3S2/c1-23(2)29(26,27)10-3-4-12-11(9-10)21-14(16(17,18)19)24(12)7-5-13(25)22-15-20-6-8-28-15/h3-4,6,8-9H,5,7H2,1-2H3,(H,20,22,25). The normalized spacial score (nSPS) is 12.6. The van der Waals surface area contributed by atoms with E-state index in [0.29, 0.717) is 5.13 Å². The van der Waals surface area contributed by atoms with Gasteiger partial charge >= 0.3 is 6.18 Å². The molecular formula is C16H16F3N5O3S2. The Kier molecular flexibility index (Phi) is 5.65. The predicted octanol–water partition coefficient (Wildman–Crippen LogP) is 2.79. The lowest BCUT2D eigenvalue weighted by Crippen LogP contribution is -2.22. The number of benzene rings is 1. The zero-order chi connectivity index (χ0) is 21.4. The number of fused-ring (bicyclic) bond motifs is 1. The molecule has 0 bridgehead atoms. The number of halogens is 3. The number of anilines is 1. The molecule has 13 heteroatoms. The van der Waals surface area contributed by atoms with Gasteiger partial charge in [-0.05, 0) is 18.2 Å². The van der Waals surface area contributed by atoms with E-state index in [9.17, 15) is 26.4 Å². The summed E-state index contributed by atoms with van der Waals surface area (Å²) < 4.78 is 66.7. The molecule has 0 aliphatic rings. The summed E-state index contributed by atoms with van der Waals surface area (Å²) in [6, 6.07) is 3.56. The number of sulfonamides is 1. The third-order valence-electron chi connectivity index (χ3n) is 3.99. The molecule has 0 unspecified atom stereocenters. The molecule has 0 atom stereocenters. The smallest absolute Gasteiger partial charge is 0.320 e. The molecule has 0 radical (unpaired) electrons. The molecular weight excluding hydrogens is 431 g/mol. The fourth-order valence-corrected chi connectivity index (χ4v) is 4.07. The number of carbonyl (C=O) groups is 1. The van der Waals surface area contributed by atoms with E-state index in [1.807, 2.05) is 0 Å². The van der Waals surface area contributed by atoms with Crippen molar-refractivity contribution < 1.29 is 26.4 Å². The van der Waals surface area contributed by atoms with Crippen LogP contribution >= 0.6 is 11.3 Å². The van der Waals surface area contributed by atoms with Crippen molar-refractivity contribution in [2.45, 2.75) is 24.0 Å². The van der Waals surface area contributed by atoms with Crippen LogP contribution in [0.3, 0.4) is 0 Å². The van der Waals surface area contributed by atoms with Gasteiger partial charge in [0.2, 0.25) is 21.8 Å². The highest BCUT2D eigenvalue weighted by atomic mass is 32.2. The van der Waals surface area contributed by atoms with E-state index in [1.54, 1.807) is 5.38 Å². The first-order valence-corrected chi connectivity index (χ1v) is 10.5. The number of nitrogens with one attached hydrogen (secondary N) is 1. The maximum atomic E-state index is 13.5. The highest BCUT2D eigenvalue weighted by Crippen LogP contribution is 2.32. The molecule has 0 aliphatic heterocycles. The number of imidazole rings is 1. The van der Waals surface area contributed by atoms with Crippen LogP contribution < -0.4 is 5.32 Å². The second kappa shape index (κ2) is 7.72. The average molecular weight is 447 g/mol. The van der Waals surface area contributed by atoms with Crippen molar-refractivity contribution in [2.24, 2.45) is 0 Å². The van der Waals surface area contributed by atoms with Gasteiger partial charge in [0.25, 0.3) is 0 Å². The van der Waals surface area contributed by atoms with E-state index in [4.69, 9.17) is 0 Å². The molecule has 29 heavy (non-hydrogen) atoms. The molecule has 0 saturated heterocycles. The number of hydrogen-bond donors (Lipinski definition) is 1. The van der Waals surface area contributed by atoms with Gasteiger partial charge < -0.3 is 9.88 Å². The summed E-state index contributed by atoms with van der Waals surface area (Å²) in [4.78, 5) is 19.3. The van der Waals surface area contributed by atoms with Crippen LogP contribution in [0.25, 0.3) is 11.0 Å². The summed E-state index contributed by atoms with van der Waals surface area (Å²) in [5, 5.41) is 4.50. The van der Waals surface area contributed by atoms with Crippen molar-refractivity contribution in [3.05, 3.63) is 35.6 Å². The molecule has 3 rings (SSSR count). The van der Waals surface area contributed by atoms with Crippen molar-refractivity contribution in [1.82, 2.24) is 18.8 Å². The molecule has 3 aromatic rings. The number of alkyl halides is 3. The van der Waals surface area contributed by atoms with Gasteiger partial charge in [0.1, 0.15) is 0 Å². The highest BCUT2D eigenvalue weighted by Gasteiger charge is 2.38. The van der Waals surface area contributed by atoms with Crippen LogP contribution in [-0.2, 0) is 27.5 Å². The summed E-state index contributed by atoms with van der Waals surface area (Å²) in [5.74, 6) is -1.70. The van der Waals surface area contributed by atoms with Crippen LogP contribution in [0.5, 0.6) is 0 Å². The first kappa shape index (κ1) is 21.2. The number of carbonyl (C=O) groups excluding carboxylic acids is 1. The third-order valence-corrected chi connectivity index (χ3v) is 6.49. The summed E-state index contributed by atoms with van der Waals surface area (Å²) in [6.07, 6.45) is -3.53. The van der Waals surface area contributed by atoms with Gasteiger partial charge in [-0.2, -0.15) is 13.2 Å². The van der Waals surface area contributed by atoms with E-state index >= 15 is 0 Å². The molecule has 1 aromatic carbocycles. The molecule has 2 heterocycles. The number of aromatic nitrogens is 3. The Labute approximate surface area is 168 Å². The maximum Gasteiger partial charge on any atom is 0.449 e. The summed E-state index contributed by atoms with van der Waals surface area (Å²) >= 11 is 1.19. The molecule has 0 aliphatic carbocycles. The second-order valence-electron chi connectivity index (χ2n) is 6.16. The third kappa shape index (κ3) is 4.41. The topological polar surface area (TPSA) is 97.2 Å². The van der Waals surface area contributed by atoms with Crippen molar-refractivity contribution in [3.63, 3.8) is 0 Å². The Balaban J connectivity index is 1.95. The molecule has 1 N–H and O–H groups in total. The Morgan fingerprint density at radius 2 is 2.03 bits per heavy atom. The summed E-state index contributed by atoms with van der Waals surface area (Å²) in [6.45, 7) is -0.289. The van der Waals surface area contributed by atoms with Crippen LogP contribution in [0.15, 0.2) is 34.7 Å². The first-order valence-electron chi connectivity index (χ1n) is 8.19. The first-order chi connectivity index (χ1) is 13.5.